The molecule has 0 fully saturated rings. The van der Waals surface area contributed by atoms with Gasteiger partial charge in [-0.1, -0.05) is 0 Å². The third kappa shape index (κ3) is 3.88. The number of ether oxygens (including phenoxy) is 2. The Morgan fingerprint density at radius 2 is 2.05 bits per heavy atom. The van der Waals surface area contributed by atoms with Crippen LogP contribution in [0.5, 0.6) is 5.75 Å². The minimum absolute atomic E-state index is 0.0298. The Labute approximate surface area is 110 Å². The van der Waals surface area contributed by atoms with Gasteiger partial charge in [0.05, 0.1) is 24.7 Å². The van der Waals surface area contributed by atoms with E-state index in [1.54, 1.807) is 0 Å². The second kappa shape index (κ2) is 6.45. The van der Waals surface area contributed by atoms with Gasteiger partial charge in [-0.05, 0) is 12.1 Å². The molecule has 0 aliphatic rings. The fraction of sp³-hybridized carbons (Fsp3) is 0.400. The summed E-state index contributed by atoms with van der Waals surface area (Å²) in [6.07, 6.45) is 0. The molecule has 8 nitrogen and oxygen atoms in total. The van der Waals surface area contributed by atoms with Gasteiger partial charge in [-0.3, -0.25) is 10.1 Å². The first-order chi connectivity index (χ1) is 8.92. The summed E-state index contributed by atoms with van der Waals surface area (Å²) < 4.78 is 35.6. The quantitative estimate of drug-likeness (QED) is 0.446. The van der Waals surface area contributed by atoms with Crippen molar-refractivity contribution in [3.63, 3.8) is 0 Å². The zero-order valence-corrected chi connectivity index (χ0v) is 11.3. The van der Waals surface area contributed by atoms with E-state index in [-0.39, 0.29) is 18.9 Å². The summed E-state index contributed by atoms with van der Waals surface area (Å²) >= 11 is 0. The van der Waals surface area contributed by atoms with Crippen LogP contribution in [0.3, 0.4) is 0 Å². The maximum atomic E-state index is 11.9. The molecule has 0 radical (unpaired) electrons. The summed E-state index contributed by atoms with van der Waals surface area (Å²) in [7, 11) is -1.20. The largest absolute Gasteiger partial charge is 0.497 e. The molecule has 1 N–H and O–H groups in total. The van der Waals surface area contributed by atoms with Crippen LogP contribution < -0.4 is 9.46 Å². The van der Waals surface area contributed by atoms with Gasteiger partial charge >= 0.3 is 0 Å². The zero-order valence-electron chi connectivity index (χ0n) is 10.5. The van der Waals surface area contributed by atoms with Gasteiger partial charge in [-0.2, -0.15) is 0 Å². The minimum atomic E-state index is -3.96. The van der Waals surface area contributed by atoms with Gasteiger partial charge < -0.3 is 9.47 Å². The van der Waals surface area contributed by atoms with E-state index >= 15 is 0 Å². The van der Waals surface area contributed by atoms with Crippen molar-refractivity contribution in [2.45, 2.75) is 4.90 Å². The molecule has 0 amide bonds. The van der Waals surface area contributed by atoms with Crippen LogP contribution in [0.2, 0.25) is 0 Å². The maximum Gasteiger partial charge on any atom is 0.293 e. The molecule has 9 heteroatoms. The Bertz CT molecular complexity index is 557. The fourth-order valence-electron chi connectivity index (χ4n) is 1.35. The van der Waals surface area contributed by atoms with Gasteiger partial charge in [0.25, 0.3) is 5.69 Å². The van der Waals surface area contributed by atoms with E-state index < -0.39 is 25.5 Å². The molecule has 0 bridgehead atoms. The second-order valence-electron chi connectivity index (χ2n) is 3.48. The minimum Gasteiger partial charge on any atom is -0.497 e. The van der Waals surface area contributed by atoms with Crippen molar-refractivity contribution in [1.82, 2.24) is 4.72 Å². The zero-order chi connectivity index (χ0) is 14.5. The Morgan fingerprint density at radius 3 is 2.58 bits per heavy atom. The molecule has 0 heterocycles. The van der Waals surface area contributed by atoms with Crippen molar-refractivity contribution >= 4 is 15.7 Å². The van der Waals surface area contributed by atoms with E-state index in [0.717, 1.165) is 12.1 Å². The molecule has 0 aliphatic heterocycles. The van der Waals surface area contributed by atoms with E-state index in [4.69, 9.17) is 9.47 Å². The highest BCUT2D eigenvalue weighted by Crippen LogP contribution is 2.27. The number of hydrogen-bond acceptors (Lipinski definition) is 6. The van der Waals surface area contributed by atoms with E-state index in [1.807, 2.05) is 0 Å². The predicted octanol–water partition coefficient (Wildman–Crippen LogP) is 0.528. The molecule has 0 unspecified atom stereocenters. The van der Waals surface area contributed by atoms with Gasteiger partial charge in [-0.15, -0.1) is 0 Å². The van der Waals surface area contributed by atoms with E-state index in [9.17, 15) is 18.5 Å². The van der Waals surface area contributed by atoms with Crippen molar-refractivity contribution in [3.05, 3.63) is 28.3 Å². The first-order valence-electron chi connectivity index (χ1n) is 5.23. The molecule has 1 aromatic carbocycles. The number of benzene rings is 1. The summed E-state index contributed by atoms with van der Waals surface area (Å²) in [6.45, 7) is 0.200. The van der Waals surface area contributed by atoms with Crippen LogP contribution >= 0.6 is 0 Å². The van der Waals surface area contributed by atoms with Gasteiger partial charge in [0, 0.05) is 13.7 Å². The smallest absolute Gasteiger partial charge is 0.293 e. The number of hydrogen-bond donors (Lipinski definition) is 1. The number of nitro groups is 1. The highest BCUT2D eigenvalue weighted by Gasteiger charge is 2.26. The molecule has 106 valence electrons. The van der Waals surface area contributed by atoms with Crippen molar-refractivity contribution in [3.8, 4) is 5.75 Å². The fourth-order valence-corrected chi connectivity index (χ4v) is 2.51. The lowest BCUT2D eigenvalue weighted by molar-refractivity contribution is -0.387. The summed E-state index contributed by atoms with van der Waals surface area (Å²) in [5, 5.41) is 10.9. The second-order valence-corrected chi connectivity index (χ2v) is 5.22. The van der Waals surface area contributed by atoms with Crippen LogP contribution in [0.25, 0.3) is 0 Å². The average molecular weight is 290 g/mol. The Balaban J connectivity index is 3.15. The maximum absolute atomic E-state index is 11.9. The lowest BCUT2D eigenvalue weighted by atomic mass is 10.3. The molecule has 19 heavy (non-hydrogen) atoms. The third-order valence-electron chi connectivity index (χ3n) is 2.25. The van der Waals surface area contributed by atoms with Gasteiger partial charge in [0.15, 0.2) is 4.90 Å². The van der Waals surface area contributed by atoms with Crippen molar-refractivity contribution in [1.29, 1.82) is 0 Å². The molecule has 0 aromatic heterocycles. The molecule has 0 saturated carbocycles. The topological polar surface area (TPSA) is 108 Å². The van der Waals surface area contributed by atoms with E-state index in [2.05, 4.69) is 4.72 Å². The molecule has 0 aliphatic carbocycles. The Kier molecular flexibility index (Phi) is 5.21. The summed E-state index contributed by atoms with van der Waals surface area (Å²) in [5.41, 5.74) is -0.538. The normalized spacial score (nSPS) is 11.3. The average Bonchev–Trinajstić information content (AvgIpc) is 2.38. The highest BCUT2D eigenvalue weighted by atomic mass is 32.2. The molecule has 0 spiro atoms. The molecule has 0 saturated heterocycles. The molecule has 1 aromatic rings. The first kappa shape index (κ1) is 15.3. The molecule has 1 rings (SSSR count). The number of methoxy groups -OCH3 is 2. The lowest BCUT2D eigenvalue weighted by Crippen LogP contribution is -2.27. The Hall–Kier alpha value is -1.71. The van der Waals surface area contributed by atoms with Crippen molar-refractivity contribution in [2.75, 3.05) is 27.4 Å². The van der Waals surface area contributed by atoms with Crippen LogP contribution in [-0.4, -0.2) is 40.7 Å². The van der Waals surface area contributed by atoms with Crippen LogP contribution in [0, 0.1) is 10.1 Å². The number of sulfonamides is 1. The van der Waals surface area contributed by atoms with E-state index in [1.165, 1.54) is 20.3 Å². The molecular formula is C10H14N2O6S. The first-order valence-corrected chi connectivity index (χ1v) is 6.71. The summed E-state index contributed by atoms with van der Waals surface area (Å²) in [5.74, 6) is 0.211. The predicted molar refractivity (Wildman–Crippen MR) is 66.7 cm³/mol. The Morgan fingerprint density at radius 1 is 1.37 bits per heavy atom. The van der Waals surface area contributed by atoms with Crippen molar-refractivity contribution < 1.29 is 22.8 Å². The number of nitro benzene ring substituents is 1. The summed E-state index contributed by atoms with van der Waals surface area (Å²) in [6, 6.07) is 3.54. The van der Waals surface area contributed by atoms with Crippen LogP contribution in [-0.2, 0) is 14.8 Å². The van der Waals surface area contributed by atoms with Crippen LogP contribution in [0.15, 0.2) is 23.1 Å². The van der Waals surface area contributed by atoms with Crippen LogP contribution in [0.1, 0.15) is 0 Å². The van der Waals surface area contributed by atoms with Gasteiger partial charge in [0.2, 0.25) is 10.0 Å². The number of nitrogens with one attached hydrogen (secondary N) is 1. The molecule has 0 atom stereocenters. The SMILES string of the molecule is COCCNS(=O)(=O)c1ccc(OC)cc1[N+](=O)[O-]. The van der Waals surface area contributed by atoms with Crippen LogP contribution in [0.4, 0.5) is 5.69 Å². The summed E-state index contributed by atoms with van der Waals surface area (Å²) in [4.78, 5) is 9.72. The third-order valence-corrected chi connectivity index (χ3v) is 3.76. The van der Waals surface area contributed by atoms with Crippen molar-refractivity contribution in [2.24, 2.45) is 0 Å². The number of rotatable bonds is 7. The van der Waals surface area contributed by atoms with E-state index in [0.29, 0.717) is 0 Å². The number of nitrogens with zero attached hydrogens (tertiary/aromatic N) is 1. The lowest BCUT2D eigenvalue weighted by Gasteiger charge is -2.08. The van der Waals surface area contributed by atoms with Gasteiger partial charge in [-0.25, -0.2) is 13.1 Å². The van der Waals surface area contributed by atoms with Gasteiger partial charge in [0.1, 0.15) is 5.75 Å². The standard InChI is InChI=1S/C10H14N2O6S/c1-17-6-5-11-19(15,16)10-4-3-8(18-2)7-9(10)12(13)14/h3-4,7,11H,5-6H2,1-2H3. The monoisotopic (exact) mass is 290 g/mol. The molecular weight excluding hydrogens is 276 g/mol. The highest BCUT2D eigenvalue weighted by molar-refractivity contribution is 7.89.